The second-order valence-electron chi connectivity index (χ2n) is 5.04. The Labute approximate surface area is 139 Å². The largest absolute Gasteiger partial charge is 0.422 e. The van der Waals surface area contributed by atoms with Crippen LogP contribution in [0.2, 0.25) is 0 Å². The number of benzene rings is 1. The predicted molar refractivity (Wildman–Crippen MR) is 88.9 cm³/mol. The van der Waals surface area contributed by atoms with Gasteiger partial charge in [-0.05, 0) is 18.9 Å². The number of anilines is 1. The van der Waals surface area contributed by atoms with Crippen molar-refractivity contribution in [3.8, 4) is 6.07 Å². The Morgan fingerprint density at radius 2 is 2.17 bits per heavy atom. The van der Waals surface area contributed by atoms with Crippen LogP contribution in [0.3, 0.4) is 0 Å². The van der Waals surface area contributed by atoms with Gasteiger partial charge in [0.2, 0.25) is 11.6 Å². The first-order valence-electron chi connectivity index (χ1n) is 7.54. The molecule has 0 aliphatic rings. The highest BCUT2D eigenvalue weighted by atomic mass is 16.6. The molecular weight excluding hydrogens is 310 g/mol. The molecule has 0 unspecified atom stereocenters. The van der Waals surface area contributed by atoms with E-state index < -0.39 is 4.92 Å². The summed E-state index contributed by atoms with van der Waals surface area (Å²) in [5.74, 6) is 0.751. The lowest BCUT2D eigenvalue weighted by molar-refractivity contribution is -0.385. The summed E-state index contributed by atoms with van der Waals surface area (Å²) in [6, 6.07) is 8.17. The maximum atomic E-state index is 11.0. The average Bonchev–Trinajstić information content (AvgIpc) is 2.99. The van der Waals surface area contributed by atoms with Crippen molar-refractivity contribution in [2.45, 2.75) is 32.6 Å². The van der Waals surface area contributed by atoms with Crippen LogP contribution in [-0.4, -0.2) is 16.1 Å². The van der Waals surface area contributed by atoms with Gasteiger partial charge in [0.25, 0.3) is 11.6 Å². The Morgan fingerprint density at radius 1 is 1.46 bits per heavy atom. The van der Waals surface area contributed by atoms with E-state index in [0.29, 0.717) is 11.5 Å². The number of nitro groups is 1. The number of aromatic nitrogens is 1. The van der Waals surface area contributed by atoms with Crippen LogP contribution in [0.15, 0.2) is 33.8 Å². The molecule has 0 spiro atoms. The molecule has 0 aliphatic heterocycles. The molecular formula is C16H17N5O3. The normalized spacial score (nSPS) is 10.9. The van der Waals surface area contributed by atoms with E-state index in [4.69, 9.17) is 9.68 Å². The summed E-state index contributed by atoms with van der Waals surface area (Å²) in [7, 11) is 0. The van der Waals surface area contributed by atoms with Gasteiger partial charge in [0.05, 0.1) is 16.7 Å². The van der Waals surface area contributed by atoms with Gasteiger partial charge in [-0.3, -0.25) is 10.1 Å². The second-order valence-corrected chi connectivity index (χ2v) is 5.04. The molecule has 8 nitrogen and oxygen atoms in total. The number of nitrogens with one attached hydrogen (secondary N) is 1. The summed E-state index contributed by atoms with van der Waals surface area (Å²) < 4.78 is 5.57. The van der Waals surface area contributed by atoms with E-state index in [0.717, 1.165) is 12.8 Å². The third kappa shape index (κ3) is 3.76. The van der Waals surface area contributed by atoms with Crippen molar-refractivity contribution in [1.82, 2.24) is 4.98 Å². The lowest BCUT2D eigenvalue weighted by Gasteiger charge is -2.05. The van der Waals surface area contributed by atoms with Crippen molar-refractivity contribution in [1.29, 1.82) is 5.26 Å². The maximum Gasteiger partial charge on any atom is 0.278 e. The fraction of sp³-hybridized carbons (Fsp3) is 0.312. The van der Waals surface area contributed by atoms with E-state index in [1.165, 1.54) is 12.3 Å². The van der Waals surface area contributed by atoms with Crippen LogP contribution in [0, 0.1) is 21.4 Å². The molecule has 0 radical (unpaired) electrons. The fourth-order valence-corrected chi connectivity index (χ4v) is 2.22. The number of hydrazone groups is 1. The van der Waals surface area contributed by atoms with Gasteiger partial charge in [0, 0.05) is 12.0 Å². The Balaban J connectivity index is 2.20. The first-order chi connectivity index (χ1) is 11.6. The summed E-state index contributed by atoms with van der Waals surface area (Å²) in [4.78, 5) is 14.6. The number of nitriles is 1. The molecule has 1 N–H and O–H groups in total. The van der Waals surface area contributed by atoms with Crippen molar-refractivity contribution < 1.29 is 9.34 Å². The molecule has 8 heteroatoms. The third-order valence-corrected chi connectivity index (χ3v) is 3.59. The number of para-hydroxylation sites is 1. The fourth-order valence-electron chi connectivity index (χ4n) is 2.22. The van der Waals surface area contributed by atoms with E-state index in [1.54, 1.807) is 18.2 Å². The Morgan fingerprint density at radius 3 is 2.79 bits per heavy atom. The lowest BCUT2D eigenvalue weighted by Crippen LogP contribution is -1.96. The summed E-state index contributed by atoms with van der Waals surface area (Å²) in [6.07, 6.45) is 3.00. The molecule has 2 rings (SSSR count). The minimum absolute atomic E-state index is 0.0566. The molecule has 24 heavy (non-hydrogen) atoms. The number of hydrogen-bond acceptors (Lipinski definition) is 7. The van der Waals surface area contributed by atoms with Crippen molar-refractivity contribution in [2.75, 3.05) is 5.43 Å². The highest BCUT2D eigenvalue weighted by Gasteiger charge is 2.18. The minimum Gasteiger partial charge on any atom is -0.422 e. The quantitative estimate of drug-likeness (QED) is 0.469. The van der Waals surface area contributed by atoms with Gasteiger partial charge in [-0.25, -0.2) is 10.4 Å². The summed E-state index contributed by atoms with van der Waals surface area (Å²) in [5, 5.41) is 24.0. The predicted octanol–water partition coefficient (Wildman–Crippen LogP) is 3.80. The van der Waals surface area contributed by atoms with Gasteiger partial charge >= 0.3 is 0 Å². The SMILES string of the molecule is CCC(CC)c1nc(C#N)c(N/N=C/c2ccccc2[N+](=O)[O-])o1. The zero-order chi connectivity index (χ0) is 17.5. The first-order valence-corrected chi connectivity index (χ1v) is 7.54. The van der Waals surface area contributed by atoms with E-state index in [2.05, 4.69) is 15.5 Å². The molecule has 0 fully saturated rings. The zero-order valence-electron chi connectivity index (χ0n) is 13.4. The van der Waals surface area contributed by atoms with Crippen molar-refractivity contribution >= 4 is 17.8 Å². The highest BCUT2D eigenvalue weighted by molar-refractivity contribution is 5.85. The molecule has 1 aromatic carbocycles. The number of rotatable bonds is 7. The molecule has 1 heterocycles. The molecule has 2 aromatic rings. The lowest BCUT2D eigenvalue weighted by atomic mass is 10.0. The van der Waals surface area contributed by atoms with Gasteiger partial charge in [-0.15, -0.1) is 0 Å². The third-order valence-electron chi connectivity index (χ3n) is 3.59. The van der Waals surface area contributed by atoms with Crippen molar-refractivity contribution in [2.24, 2.45) is 5.10 Å². The van der Waals surface area contributed by atoms with E-state index >= 15 is 0 Å². The Hall–Kier alpha value is -3.21. The first kappa shape index (κ1) is 17.1. The summed E-state index contributed by atoms with van der Waals surface area (Å²) in [6.45, 7) is 4.04. The number of nitro benzene ring substituents is 1. The summed E-state index contributed by atoms with van der Waals surface area (Å²) in [5.41, 5.74) is 2.99. The van der Waals surface area contributed by atoms with E-state index in [9.17, 15) is 10.1 Å². The second kappa shape index (κ2) is 7.87. The van der Waals surface area contributed by atoms with Gasteiger partial charge in [-0.1, -0.05) is 26.0 Å². The van der Waals surface area contributed by atoms with Crippen molar-refractivity contribution in [3.05, 3.63) is 51.5 Å². The number of nitrogens with zero attached hydrogens (tertiary/aromatic N) is 4. The number of oxazole rings is 1. The van der Waals surface area contributed by atoms with Crippen molar-refractivity contribution in [3.63, 3.8) is 0 Å². The Kier molecular flexibility index (Phi) is 5.63. The molecule has 0 amide bonds. The number of hydrogen-bond donors (Lipinski definition) is 1. The molecule has 1 aromatic heterocycles. The molecule has 0 saturated carbocycles. The molecule has 124 valence electrons. The van der Waals surface area contributed by atoms with Crippen LogP contribution in [0.1, 0.15) is 49.8 Å². The molecule has 0 atom stereocenters. The monoisotopic (exact) mass is 327 g/mol. The maximum absolute atomic E-state index is 11.0. The van der Waals surface area contributed by atoms with Crippen LogP contribution < -0.4 is 5.43 Å². The van der Waals surface area contributed by atoms with E-state index in [-0.39, 0.29) is 23.2 Å². The van der Waals surface area contributed by atoms with Gasteiger partial charge in [-0.2, -0.15) is 10.4 Å². The molecule has 0 aliphatic carbocycles. The average molecular weight is 327 g/mol. The van der Waals surface area contributed by atoms with Crippen LogP contribution in [0.25, 0.3) is 0 Å². The smallest absolute Gasteiger partial charge is 0.278 e. The van der Waals surface area contributed by atoms with E-state index in [1.807, 2.05) is 19.9 Å². The topological polar surface area (TPSA) is 117 Å². The molecule has 0 bridgehead atoms. The van der Waals surface area contributed by atoms with Crippen LogP contribution >= 0.6 is 0 Å². The standard InChI is InChI=1S/C16H17N5O3/c1-3-11(4-2)15-19-13(9-17)16(24-15)20-18-10-12-7-5-6-8-14(12)21(22)23/h5-8,10-11,20H,3-4H2,1-2H3/b18-10+. The highest BCUT2D eigenvalue weighted by Crippen LogP contribution is 2.27. The van der Waals surface area contributed by atoms with Gasteiger partial charge in [0.1, 0.15) is 6.07 Å². The van der Waals surface area contributed by atoms with Gasteiger partial charge in [0.15, 0.2) is 0 Å². The Bertz CT molecular complexity index is 787. The minimum atomic E-state index is -0.484. The van der Waals surface area contributed by atoms with Crippen LogP contribution in [0.4, 0.5) is 11.6 Å². The van der Waals surface area contributed by atoms with Crippen LogP contribution in [-0.2, 0) is 0 Å². The van der Waals surface area contributed by atoms with Gasteiger partial charge < -0.3 is 4.42 Å². The van der Waals surface area contributed by atoms with Crippen LogP contribution in [0.5, 0.6) is 0 Å². The summed E-state index contributed by atoms with van der Waals surface area (Å²) >= 11 is 0. The molecule has 0 saturated heterocycles. The zero-order valence-corrected chi connectivity index (χ0v) is 13.4.